The molecule has 4 heterocycles. The Morgan fingerprint density at radius 1 is 0.879 bits per heavy atom. The second kappa shape index (κ2) is 8.36. The maximum absolute atomic E-state index is 10.6. The summed E-state index contributed by atoms with van der Waals surface area (Å²) >= 11 is 0. The van der Waals surface area contributed by atoms with Gasteiger partial charge in [-0.05, 0) is 77.8 Å². The van der Waals surface area contributed by atoms with Crippen LogP contribution in [0.5, 0.6) is 0 Å². The summed E-state index contributed by atoms with van der Waals surface area (Å²) in [6, 6.07) is 13.2. The molecule has 1 unspecified atom stereocenters. The van der Waals surface area contributed by atoms with Gasteiger partial charge in [-0.2, -0.15) is 0 Å². The Kier molecular flexibility index (Phi) is 5.46. The monoisotopic (exact) mass is 451 g/mol. The lowest BCUT2D eigenvalue weighted by atomic mass is 9.82. The highest BCUT2D eigenvalue weighted by Gasteiger charge is 2.44. The van der Waals surface area contributed by atoms with Crippen LogP contribution in [-0.4, -0.2) is 60.1 Å². The molecule has 2 bridgehead atoms. The van der Waals surface area contributed by atoms with Crippen molar-refractivity contribution < 1.29 is 24.8 Å². The van der Waals surface area contributed by atoms with Crippen LogP contribution in [0.2, 0.25) is 0 Å². The molecule has 2 aromatic carbocycles. The van der Waals surface area contributed by atoms with Gasteiger partial charge in [-0.3, -0.25) is 0 Å². The minimum Gasteiger partial charge on any atom is -0.387 e. The zero-order chi connectivity index (χ0) is 22.7. The Hall–Kier alpha value is -1.96. The van der Waals surface area contributed by atoms with Crippen molar-refractivity contribution in [3.8, 4) is 0 Å². The molecule has 176 valence electrons. The van der Waals surface area contributed by atoms with Gasteiger partial charge in [0.2, 0.25) is 0 Å². The first-order chi connectivity index (χ1) is 16.0. The number of benzene rings is 2. The normalized spacial score (nSPS) is 31.6. The predicted octanol–water partition coefficient (Wildman–Crippen LogP) is 2.98. The highest BCUT2D eigenvalue weighted by atomic mass is 16.7. The Morgan fingerprint density at radius 3 is 2.33 bits per heavy atom. The summed E-state index contributed by atoms with van der Waals surface area (Å²) in [5, 5.41) is 31.1. The van der Waals surface area contributed by atoms with Gasteiger partial charge < -0.3 is 29.7 Å². The molecule has 4 aliphatic heterocycles. The molecule has 6 nitrogen and oxygen atoms in total. The van der Waals surface area contributed by atoms with E-state index < -0.39 is 30.7 Å². The number of piperidine rings is 1. The number of rotatable bonds is 5. The molecule has 2 saturated heterocycles. The molecule has 0 radical (unpaired) electrons. The molecule has 33 heavy (non-hydrogen) atoms. The third-order valence-electron chi connectivity index (χ3n) is 8.08. The molecule has 7 rings (SSSR count). The van der Waals surface area contributed by atoms with Gasteiger partial charge in [-0.1, -0.05) is 30.3 Å². The van der Waals surface area contributed by atoms with Crippen LogP contribution >= 0.6 is 0 Å². The zero-order valence-electron chi connectivity index (χ0n) is 19.1. The van der Waals surface area contributed by atoms with Crippen LogP contribution in [0, 0.1) is 0 Å². The largest absolute Gasteiger partial charge is 0.387 e. The van der Waals surface area contributed by atoms with Gasteiger partial charge in [-0.25, -0.2) is 0 Å². The summed E-state index contributed by atoms with van der Waals surface area (Å²) in [5.41, 5.74) is 7.63. The van der Waals surface area contributed by atoms with Crippen molar-refractivity contribution in [1.29, 1.82) is 0 Å². The van der Waals surface area contributed by atoms with Crippen molar-refractivity contribution in [1.82, 2.24) is 0 Å². The van der Waals surface area contributed by atoms with E-state index >= 15 is 0 Å². The molecule has 2 aromatic rings. The van der Waals surface area contributed by atoms with Crippen molar-refractivity contribution in [2.24, 2.45) is 0 Å². The lowest BCUT2D eigenvalue weighted by Crippen LogP contribution is -2.54. The fourth-order valence-corrected chi connectivity index (χ4v) is 6.04. The summed E-state index contributed by atoms with van der Waals surface area (Å²) < 4.78 is 11.1. The van der Waals surface area contributed by atoms with Crippen molar-refractivity contribution in [2.75, 3.05) is 25.1 Å². The van der Waals surface area contributed by atoms with Crippen molar-refractivity contribution >= 4 is 5.69 Å². The first-order valence-corrected chi connectivity index (χ1v) is 12.3. The second-order valence-corrected chi connectivity index (χ2v) is 10.2. The number of anilines is 1. The topological polar surface area (TPSA) is 82.4 Å². The Balaban J connectivity index is 1.32. The third-order valence-corrected chi connectivity index (χ3v) is 8.08. The van der Waals surface area contributed by atoms with E-state index in [-0.39, 0.29) is 0 Å². The van der Waals surface area contributed by atoms with Crippen molar-refractivity contribution in [3.05, 3.63) is 64.2 Å². The number of fused-ring (bicyclic) bond motifs is 2. The van der Waals surface area contributed by atoms with E-state index in [0.717, 1.165) is 25.1 Å². The van der Waals surface area contributed by atoms with Gasteiger partial charge in [0.1, 0.15) is 24.4 Å². The molecular weight excluding hydrogens is 418 g/mol. The number of nitrogens with zero attached hydrogens (tertiary/aromatic N) is 1. The van der Waals surface area contributed by atoms with E-state index in [1.807, 2.05) is 6.07 Å². The lowest BCUT2D eigenvalue weighted by molar-refractivity contribution is -0.292. The van der Waals surface area contributed by atoms with Crippen molar-refractivity contribution in [3.63, 3.8) is 0 Å². The maximum Gasteiger partial charge on any atom is 0.186 e. The van der Waals surface area contributed by atoms with Crippen LogP contribution in [0.4, 0.5) is 5.69 Å². The van der Waals surface area contributed by atoms with Crippen LogP contribution in [0.1, 0.15) is 71.4 Å². The van der Waals surface area contributed by atoms with Crippen LogP contribution < -0.4 is 4.90 Å². The predicted molar refractivity (Wildman–Crippen MR) is 124 cm³/mol. The SMILES string of the molecule is CO[C@H]1O[C@@H](c2ccc(C3CC3)c(Cc3ccc4c(c3)N3CCC4CC3)c2)C(O)[C@@H](O)[C@@H]1O. The fourth-order valence-electron chi connectivity index (χ4n) is 6.04. The molecule has 0 amide bonds. The van der Waals surface area contributed by atoms with Gasteiger partial charge in [0, 0.05) is 25.9 Å². The summed E-state index contributed by atoms with van der Waals surface area (Å²) in [6.45, 7) is 2.32. The Labute approximate surface area is 194 Å². The minimum absolute atomic E-state index is 0.600. The van der Waals surface area contributed by atoms with Crippen LogP contribution in [-0.2, 0) is 15.9 Å². The van der Waals surface area contributed by atoms with Crippen LogP contribution in [0.15, 0.2) is 36.4 Å². The Bertz CT molecular complexity index is 1030. The molecule has 0 spiro atoms. The average molecular weight is 452 g/mol. The van der Waals surface area contributed by atoms with Gasteiger partial charge in [0.05, 0.1) is 0 Å². The van der Waals surface area contributed by atoms with E-state index in [9.17, 15) is 15.3 Å². The Morgan fingerprint density at radius 2 is 1.61 bits per heavy atom. The average Bonchev–Trinajstić information content (AvgIpc) is 3.69. The summed E-state index contributed by atoms with van der Waals surface area (Å²) in [4.78, 5) is 2.53. The molecule has 3 N–H and O–H groups in total. The highest BCUT2D eigenvalue weighted by Crippen LogP contribution is 2.45. The molecule has 0 aromatic heterocycles. The minimum atomic E-state index is -1.33. The van der Waals surface area contributed by atoms with Gasteiger partial charge in [-0.15, -0.1) is 0 Å². The standard InChI is InChI=1S/C27H33NO5/c1-32-27-25(31)23(29)24(30)26(33-27)18-5-7-20(16-3-4-16)19(14-18)12-15-2-6-21-17-8-10-28(11-9-17)22(21)13-15/h2,5-7,13-14,16-17,23-27,29-31H,3-4,8-12H2,1H3/t23-,24?,25+,26+,27+/m1/s1. The van der Waals surface area contributed by atoms with E-state index in [2.05, 4.69) is 35.2 Å². The van der Waals surface area contributed by atoms with E-state index in [4.69, 9.17) is 9.47 Å². The van der Waals surface area contributed by atoms with Crippen LogP contribution in [0.25, 0.3) is 0 Å². The molecule has 1 aliphatic carbocycles. The van der Waals surface area contributed by atoms with Gasteiger partial charge >= 0.3 is 0 Å². The number of aliphatic hydroxyl groups excluding tert-OH is 3. The molecule has 3 fully saturated rings. The number of hydrogen-bond donors (Lipinski definition) is 3. The van der Waals surface area contributed by atoms with E-state index in [0.29, 0.717) is 11.8 Å². The number of ether oxygens (including phenoxy) is 2. The smallest absolute Gasteiger partial charge is 0.186 e. The summed E-state index contributed by atoms with van der Waals surface area (Å²) in [6.07, 6.45) is 0.218. The molecule has 6 heteroatoms. The van der Waals surface area contributed by atoms with E-state index in [1.165, 1.54) is 60.7 Å². The third kappa shape index (κ3) is 3.78. The maximum atomic E-state index is 10.6. The number of methoxy groups -OCH3 is 1. The zero-order valence-corrected chi connectivity index (χ0v) is 19.1. The molecule has 5 atom stereocenters. The highest BCUT2D eigenvalue weighted by molar-refractivity contribution is 5.61. The number of hydrogen-bond acceptors (Lipinski definition) is 6. The molecule has 5 aliphatic rings. The quantitative estimate of drug-likeness (QED) is 0.649. The lowest BCUT2D eigenvalue weighted by Gasteiger charge is -2.42. The van der Waals surface area contributed by atoms with Crippen molar-refractivity contribution in [2.45, 2.75) is 74.6 Å². The first-order valence-electron chi connectivity index (χ1n) is 12.3. The summed E-state index contributed by atoms with van der Waals surface area (Å²) in [5.74, 6) is 1.31. The molecular formula is C27H33NO5. The fraction of sp³-hybridized carbons (Fsp3) is 0.556. The second-order valence-electron chi connectivity index (χ2n) is 10.2. The van der Waals surface area contributed by atoms with Gasteiger partial charge in [0.25, 0.3) is 0 Å². The van der Waals surface area contributed by atoms with Crippen LogP contribution in [0.3, 0.4) is 0 Å². The molecule has 1 saturated carbocycles. The van der Waals surface area contributed by atoms with Gasteiger partial charge in [0.15, 0.2) is 6.29 Å². The van der Waals surface area contributed by atoms with E-state index in [1.54, 1.807) is 0 Å². The summed E-state index contributed by atoms with van der Waals surface area (Å²) in [7, 11) is 1.43. The number of aliphatic hydroxyl groups is 3. The first kappa shape index (κ1) is 21.6.